The zero-order valence-corrected chi connectivity index (χ0v) is 30.3. The number of rotatable bonds is 2. The van der Waals surface area contributed by atoms with Gasteiger partial charge in [-0.3, -0.25) is 0 Å². The highest BCUT2D eigenvalue weighted by Crippen LogP contribution is 2.36. The predicted octanol–water partition coefficient (Wildman–Crippen LogP) is 13.2. The van der Waals surface area contributed by atoms with Crippen LogP contribution in [0.25, 0.3) is 66.8 Å². The maximum absolute atomic E-state index is 3.67. The fraction of sp³-hybridized carbons (Fsp3) is 0.115. The molecule has 0 heteroatoms. The van der Waals surface area contributed by atoms with Gasteiger partial charge in [0.25, 0.3) is 0 Å². The third kappa shape index (κ3) is 6.37. The summed E-state index contributed by atoms with van der Waals surface area (Å²) in [6.07, 6.45) is 1.94. The van der Waals surface area contributed by atoms with Crippen LogP contribution >= 0.6 is 0 Å². The highest BCUT2D eigenvalue weighted by molar-refractivity contribution is 5.84. The molecule has 0 radical (unpaired) electrons. The van der Waals surface area contributed by atoms with Gasteiger partial charge in [-0.2, -0.15) is 0 Å². The van der Waals surface area contributed by atoms with E-state index in [0.717, 1.165) is 51.8 Å². The maximum Gasteiger partial charge on any atom is 0.0334 e. The lowest BCUT2D eigenvalue weighted by Crippen LogP contribution is -1.96. The molecule has 0 nitrogen and oxygen atoms in total. The van der Waals surface area contributed by atoms with E-state index < -0.39 is 0 Å². The van der Waals surface area contributed by atoms with E-state index in [9.17, 15) is 0 Å². The largest absolute Gasteiger partial charge is 0.101 e. The third-order valence-corrected chi connectivity index (χ3v) is 10.5. The number of aryl methyl sites for hydroxylation is 3. The third-order valence-electron chi connectivity index (χ3n) is 10.5. The van der Waals surface area contributed by atoms with Crippen LogP contribution in [0.5, 0.6) is 0 Å². The minimum Gasteiger partial charge on any atom is -0.101 e. The van der Waals surface area contributed by atoms with Crippen LogP contribution in [0, 0.1) is 30.6 Å². The van der Waals surface area contributed by atoms with E-state index in [1.54, 1.807) is 0 Å². The van der Waals surface area contributed by atoms with E-state index in [4.69, 9.17) is 0 Å². The van der Waals surface area contributed by atoms with E-state index in [2.05, 4.69) is 190 Å². The van der Waals surface area contributed by atoms with Gasteiger partial charge in [0, 0.05) is 16.7 Å². The lowest BCUT2D eigenvalue weighted by atomic mass is 9.89. The second-order valence-electron chi connectivity index (χ2n) is 13.6. The zero-order valence-electron chi connectivity index (χ0n) is 30.3. The first-order valence-corrected chi connectivity index (χ1v) is 18.3. The Hall–Kier alpha value is -6.34. The van der Waals surface area contributed by atoms with Crippen molar-refractivity contribution < 1.29 is 0 Å². The second kappa shape index (κ2) is 14.1. The SMILES string of the molecule is CC#Cc1cc2c(C#Cc3cc(CC)c(C)cc3CC)cc1-c1ccc(cc1)-c1ccc(cc1)-c1ccc(cc1)-c1ccc(cc1)-c1ccc-2cc1. The Morgan fingerprint density at radius 3 is 0.981 bits per heavy atom. The minimum atomic E-state index is 0.946. The molecule has 0 saturated heterocycles. The Bertz CT molecular complexity index is 2540. The van der Waals surface area contributed by atoms with Crippen LogP contribution in [0.2, 0.25) is 0 Å². The van der Waals surface area contributed by atoms with Crippen LogP contribution < -0.4 is 0 Å². The molecule has 0 N–H and O–H groups in total. The van der Waals surface area contributed by atoms with Crippen LogP contribution in [0.4, 0.5) is 0 Å². The lowest BCUT2D eigenvalue weighted by molar-refractivity contribution is 1.07. The first-order valence-electron chi connectivity index (χ1n) is 18.3. The van der Waals surface area contributed by atoms with Crippen molar-refractivity contribution in [3.05, 3.63) is 179 Å². The van der Waals surface area contributed by atoms with Gasteiger partial charge in [-0.1, -0.05) is 159 Å². The van der Waals surface area contributed by atoms with Gasteiger partial charge in [0.1, 0.15) is 0 Å². The van der Waals surface area contributed by atoms with E-state index in [-0.39, 0.29) is 0 Å². The molecule has 7 aromatic carbocycles. The smallest absolute Gasteiger partial charge is 0.0334 e. The molecule has 0 saturated carbocycles. The van der Waals surface area contributed by atoms with Crippen molar-refractivity contribution in [3.63, 3.8) is 0 Å². The van der Waals surface area contributed by atoms with E-state index in [1.165, 1.54) is 61.2 Å². The van der Waals surface area contributed by atoms with Crippen LogP contribution in [0.1, 0.15) is 54.2 Å². The van der Waals surface area contributed by atoms with Crippen molar-refractivity contribution in [2.45, 2.75) is 40.5 Å². The fourth-order valence-corrected chi connectivity index (χ4v) is 7.41. The summed E-state index contributed by atoms with van der Waals surface area (Å²) < 4.78 is 0. The van der Waals surface area contributed by atoms with Gasteiger partial charge in [0.2, 0.25) is 0 Å². The van der Waals surface area contributed by atoms with Crippen LogP contribution in [-0.4, -0.2) is 0 Å². The molecule has 0 amide bonds. The summed E-state index contributed by atoms with van der Waals surface area (Å²) in [4.78, 5) is 0. The normalized spacial score (nSPS) is 10.9. The van der Waals surface area contributed by atoms with E-state index in [0.29, 0.717) is 0 Å². The van der Waals surface area contributed by atoms with Crippen molar-refractivity contribution in [2.24, 2.45) is 0 Å². The summed E-state index contributed by atoms with van der Waals surface area (Å²) in [7, 11) is 0. The molecular weight excluding hydrogens is 625 g/mol. The standard InChI is InChI=1S/C52H40/c1-5-8-49-33-52-47-27-23-45(24-28-47)43-19-15-41(16-20-43)39-11-9-38(10-12-39)40-13-17-42(18-14-40)44-21-25-46(26-22-44)51(49)34-50(52)30-29-48-32-36(6-2)35(4)31-37(48)7-3/h9-28,31-34H,6-7H2,1-4H3. The van der Waals surface area contributed by atoms with Gasteiger partial charge in [-0.25, -0.2) is 0 Å². The quantitative estimate of drug-likeness (QED) is 0.161. The average molecular weight is 665 g/mol. The van der Waals surface area contributed by atoms with E-state index in [1.807, 2.05) is 6.92 Å². The lowest BCUT2D eigenvalue weighted by Gasteiger charge is -2.14. The first-order chi connectivity index (χ1) is 25.5. The van der Waals surface area contributed by atoms with Gasteiger partial charge in [0.05, 0.1) is 0 Å². The Balaban J connectivity index is 1.33. The summed E-state index contributed by atoms with van der Waals surface area (Å²) in [6, 6.07) is 53.5. The maximum atomic E-state index is 3.67. The summed E-state index contributed by atoms with van der Waals surface area (Å²) >= 11 is 0. The monoisotopic (exact) mass is 664 g/mol. The van der Waals surface area contributed by atoms with Crippen LogP contribution in [0.3, 0.4) is 0 Å². The molecule has 0 atom stereocenters. The number of benzene rings is 7. The van der Waals surface area contributed by atoms with Crippen molar-refractivity contribution in [1.82, 2.24) is 0 Å². The molecule has 0 aromatic heterocycles. The fourth-order valence-electron chi connectivity index (χ4n) is 7.41. The molecule has 12 bridgehead atoms. The zero-order chi connectivity index (χ0) is 35.6. The van der Waals surface area contributed by atoms with Crippen molar-refractivity contribution in [3.8, 4) is 90.4 Å². The topological polar surface area (TPSA) is 0 Å². The Kier molecular flexibility index (Phi) is 8.91. The Labute approximate surface area is 308 Å². The van der Waals surface area contributed by atoms with Crippen LogP contribution in [0.15, 0.2) is 146 Å². The van der Waals surface area contributed by atoms with Crippen molar-refractivity contribution in [1.29, 1.82) is 0 Å². The van der Waals surface area contributed by atoms with Gasteiger partial charge in [0.15, 0.2) is 0 Å². The molecule has 7 aromatic rings. The van der Waals surface area contributed by atoms with E-state index >= 15 is 0 Å². The molecule has 16 aliphatic rings. The van der Waals surface area contributed by atoms with Gasteiger partial charge in [-0.15, -0.1) is 5.92 Å². The molecule has 0 aliphatic heterocycles. The molecular formula is C52H40. The Morgan fingerprint density at radius 1 is 0.346 bits per heavy atom. The predicted molar refractivity (Wildman–Crippen MR) is 221 cm³/mol. The molecule has 0 spiro atoms. The molecule has 16 aliphatic carbocycles. The van der Waals surface area contributed by atoms with Gasteiger partial charge >= 0.3 is 0 Å². The summed E-state index contributed by atoms with van der Waals surface area (Å²) in [6.45, 7) is 8.55. The molecule has 0 heterocycles. The molecule has 248 valence electrons. The van der Waals surface area contributed by atoms with Gasteiger partial charge in [-0.05, 0) is 128 Å². The number of hydrogen-bond donors (Lipinski definition) is 0. The highest BCUT2D eigenvalue weighted by Gasteiger charge is 2.14. The number of hydrogen-bond acceptors (Lipinski definition) is 0. The Morgan fingerprint density at radius 2 is 0.654 bits per heavy atom. The molecule has 0 unspecified atom stereocenters. The minimum absolute atomic E-state index is 0.946. The highest BCUT2D eigenvalue weighted by atomic mass is 14.2. The summed E-state index contributed by atoms with van der Waals surface area (Å²) in [5.41, 5.74) is 21.1. The molecule has 23 rings (SSSR count). The van der Waals surface area contributed by atoms with Crippen LogP contribution in [-0.2, 0) is 12.8 Å². The summed E-state index contributed by atoms with van der Waals surface area (Å²) in [5.74, 6) is 13.9. The van der Waals surface area contributed by atoms with Crippen molar-refractivity contribution in [2.75, 3.05) is 0 Å². The average Bonchev–Trinajstić information content (AvgIpc) is 3.20. The molecule has 0 fully saturated rings. The first kappa shape index (κ1) is 32.8. The molecule has 52 heavy (non-hydrogen) atoms. The second-order valence-corrected chi connectivity index (χ2v) is 13.6. The summed E-state index contributed by atoms with van der Waals surface area (Å²) in [5, 5.41) is 0. The van der Waals surface area contributed by atoms with Crippen molar-refractivity contribution >= 4 is 0 Å². The van der Waals surface area contributed by atoms with Gasteiger partial charge < -0.3 is 0 Å².